The van der Waals surface area contributed by atoms with Crippen LogP contribution in [0.1, 0.15) is 46.5 Å². The highest BCUT2D eigenvalue weighted by Crippen LogP contribution is 2.51. The Kier molecular flexibility index (Phi) is 10.5. The maximum atomic E-state index is 14.2. The summed E-state index contributed by atoms with van der Waals surface area (Å²) in [6.45, 7) is 5.83. The molecule has 0 aromatic heterocycles. The van der Waals surface area contributed by atoms with Crippen LogP contribution in [-0.2, 0) is 19.1 Å². The molecule has 2 atom stereocenters. The van der Waals surface area contributed by atoms with E-state index in [9.17, 15) is 9.18 Å². The number of carbonyl (C=O) groups excluding carboxylic acids is 1. The lowest BCUT2D eigenvalue weighted by molar-refractivity contribution is -0.150. The van der Waals surface area contributed by atoms with Gasteiger partial charge in [-0.05, 0) is 64.4 Å². The van der Waals surface area contributed by atoms with Crippen molar-refractivity contribution in [2.24, 2.45) is 17.8 Å². The normalized spacial score (nSPS) is 18.6. The molecule has 2 unspecified atom stereocenters. The van der Waals surface area contributed by atoms with Crippen LogP contribution in [0, 0.1) is 34.0 Å². The number of allylic oxidation sites excluding steroid dienone is 2. The molecule has 10 nitrogen and oxygen atoms in total. The molecular formula is C24H39FN6O4. The van der Waals surface area contributed by atoms with Crippen molar-refractivity contribution in [1.29, 1.82) is 16.2 Å². The van der Waals surface area contributed by atoms with Crippen molar-refractivity contribution in [3.8, 4) is 0 Å². The summed E-state index contributed by atoms with van der Waals surface area (Å²) in [5.74, 6) is -1.23. The largest absolute Gasteiger partial charge is 0.481 e. The molecule has 0 radical (unpaired) electrons. The zero-order valence-electron chi connectivity index (χ0n) is 21.2. The van der Waals surface area contributed by atoms with Gasteiger partial charge < -0.3 is 25.5 Å². The topological polar surface area (TPSA) is 152 Å². The quantitative estimate of drug-likeness (QED) is 0.117. The molecule has 2 saturated carbocycles. The number of methoxy groups -OCH3 is 2. The average Bonchev–Trinajstić information content (AvgIpc) is 3.70. The van der Waals surface area contributed by atoms with Crippen molar-refractivity contribution in [3.05, 3.63) is 23.5 Å². The molecule has 2 rings (SSSR count). The molecule has 0 bridgehead atoms. The summed E-state index contributed by atoms with van der Waals surface area (Å²) in [6.07, 6.45) is 6.84. The first-order chi connectivity index (χ1) is 16.5. The summed E-state index contributed by atoms with van der Waals surface area (Å²) in [4.78, 5) is 19.2. The molecule has 0 heterocycles. The van der Waals surface area contributed by atoms with E-state index in [0.717, 1.165) is 38.1 Å². The van der Waals surface area contributed by atoms with Crippen molar-refractivity contribution >= 4 is 24.0 Å². The summed E-state index contributed by atoms with van der Waals surface area (Å²) >= 11 is 0. The van der Waals surface area contributed by atoms with Gasteiger partial charge in [0.15, 0.2) is 6.10 Å². The third kappa shape index (κ3) is 9.15. The second kappa shape index (κ2) is 12.9. The van der Waals surface area contributed by atoms with Gasteiger partial charge in [-0.1, -0.05) is 0 Å². The highest BCUT2D eigenvalue weighted by Gasteiger charge is 2.49. The van der Waals surface area contributed by atoms with Crippen molar-refractivity contribution < 1.29 is 23.5 Å². The summed E-state index contributed by atoms with van der Waals surface area (Å²) < 4.78 is 24.3. The van der Waals surface area contributed by atoms with E-state index in [4.69, 9.17) is 30.5 Å². The fourth-order valence-corrected chi connectivity index (χ4v) is 3.88. The second-order valence-electron chi connectivity index (χ2n) is 10.0. The van der Waals surface area contributed by atoms with E-state index in [1.165, 1.54) is 20.3 Å². The smallest absolute Gasteiger partial charge is 0.256 e. The standard InChI is InChI=1S/C24H39FN6O4/c1-24(2,3)31-35-20(19(14-6-7-14)15-8-9-15)23(32)30-17(21(25)27)12-29-18(13-33-4)16(10-11-26)22(28)34-5/h10-12,14-15,18-20,26-29,31H,6-9,13H2,1-5H3,(H,30,32)/b16-10-,17-12+,26-11?,27-21?,28-22?. The fraction of sp³-hybridized carbons (Fsp3) is 0.667. The molecule has 2 aliphatic carbocycles. The van der Waals surface area contributed by atoms with Crippen LogP contribution in [-0.4, -0.2) is 62.5 Å². The lowest BCUT2D eigenvalue weighted by atomic mass is 9.91. The molecule has 2 aliphatic rings. The summed E-state index contributed by atoms with van der Waals surface area (Å²) in [5.41, 5.74) is 2.47. The van der Waals surface area contributed by atoms with Crippen LogP contribution < -0.4 is 16.1 Å². The first kappa shape index (κ1) is 28.6. The first-order valence-corrected chi connectivity index (χ1v) is 11.8. The Hall–Kier alpha value is -2.63. The maximum absolute atomic E-state index is 14.2. The molecule has 2 fully saturated rings. The van der Waals surface area contributed by atoms with Crippen molar-refractivity contribution in [2.45, 2.75) is 64.1 Å². The van der Waals surface area contributed by atoms with Gasteiger partial charge in [-0.2, -0.15) is 9.87 Å². The Labute approximate surface area is 206 Å². The third-order valence-electron chi connectivity index (χ3n) is 5.79. The van der Waals surface area contributed by atoms with Gasteiger partial charge in [0.2, 0.25) is 11.9 Å². The molecule has 6 N–H and O–H groups in total. The van der Waals surface area contributed by atoms with Crippen LogP contribution in [0.5, 0.6) is 0 Å². The van der Waals surface area contributed by atoms with Crippen molar-refractivity contribution in [1.82, 2.24) is 16.1 Å². The minimum Gasteiger partial charge on any atom is -0.481 e. The number of ether oxygens (including phenoxy) is 2. The van der Waals surface area contributed by atoms with E-state index in [1.54, 1.807) is 0 Å². The van der Waals surface area contributed by atoms with Gasteiger partial charge in [-0.15, -0.1) is 0 Å². The van der Waals surface area contributed by atoms with Gasteiger partial charge in [-0.25, -0.2) is 0 Å². The Balaban J connectivity index is 2.23. The van der Waals surface area contributed by atoms with E-state index in [-0.39, 0.29) is 35.2 Å². The number of amides is 1. The Morgan fingerprint density at radius 3 is 2.17 bits per heavy atom. The maximum Gasteiger partial charge on any atom is 0.256 e. The van der Waals surface area contributed by atoms with Crippen LogP contribution in [0.4, 0.5) is 4.39 Å². The van der Waals surface area contributed by atoms with Crippen LogP contribution in [0.3, 0.4) is 0 Å². The van der Waals surface area contributed by atoms with Crippen molar-refractivity contribution in [2.75, 3.05) is 20.8 Å². The highest BCUT2D eigenvalue weighted by molar-refractivity contribution is 5.97. The van der Waals surface area contributed by atoms with Gasteiger partial charge >= 0.3 is 0 Å². The Morgan fingerprint density at radius 2 is 1.74 bits per heavy atom. The lowest BCUT2D eigenvalue weighted by Crippen LogP contribution is -2.49. The predicted molar refractivity (Wildman–Crippen MR) is 132 cm³/mol. The van der Waals surface area contributed by atoms with Gasteiger partial charge in [0, 0.05) is 36.6 Å². The molecular weight excluding hydrogens is 455 g/mol. The summed E-state index contributed by atoms with van der Waals surface area (Å²) in [5, 5.41) is 28.2. The van der Waals surface area contributed by atoms with Crippen LogP contribution in [0.15, 0.2) is 23.5 Å². The van der Waals surface area contributed by atoms with Crippen molar-refractivity contribution in [3.63, 3.8) is 0 Å². The molecule has 35 heavy (non-hydrogen) atoms. The van der Waals surface area contributed by atoms with Crippen LogP contribution >= 0.6 is 0 Å². The van der Waals surface area contributed by atoms with E-state index >= 15 is 0 Å². The number of nitrogens with one attached hydrogen (secondary N) is 6. The SMILES string of the molecule is COCC(N/C=C(/NC(=O)C(ONC(C)(C)C)C(C1CC1)C1CC1)C(=N)F)/C(=C/C=N)C(=N)OC. The Bertz CT molecular complexity index is 833. The van der Waals surface area contributed by atoms with E-state index in [1.807, 2.05) is 20.8 Å². The zero-order valence-corrected chi connectivity index (χ0v) is 21.2. The van der Waals surface area contributed by atoms with Gasteiger partial charge in [0.25, 0.3) is 5.91 Å². The van der Waals surface area contributed by atoms with Gasteiger partial charge in [0.1, 0.15) is 5.70 Å². The van der Waals surface area contributed by atoms with Crippen LogP contribution in [0.25, 0.3) is 0 Å². The zero-order chi connectivity index (χ0) is 26.2. The number of carbonyl (C=O) groups is 1. The van der Waals surface area contributed by atoms with Gasteiger partial charge in [0.05, 0.1) is 19.8 Å². The van der Waals surface area contributed by atoms with Crippen LogP contribution in [0.2, 0.25) is 0 Å². The third-order valence-corrected chi connectivity index (χ3v) is 5.79. The molecule has 0 spiro atoms. The number of halogens is 1. The highest BCUT2D eigenvalue weighted by atomic mass is 19.1. The molecule has 196 valence electrons. The number of rotatable bonds is 15. The first-order valence-electron chi connectivity index (χ1n) is 11.8. The monoisotopic (exact) mass is 494 g/mol. The molecule has 1 amide bonds. The second-order valence-corrected chi connectivity index (χ2v) is 10.0. The van der Waals surface area contributed by atoms with E-state index < -0.39 is 24.0 Å². The number of hydrogen-bond acceptors (Lipinski definition) is 9. The lowest BCUT2D eigenvalue weighted by Gasteiger charge is -2.30. The summed E-state index contributed by atoms with van der Waals surface area (Å²) in [6, 6.07) is -0.694. The molecule has 11 heteroatoms. The molecule has 0 aliphatic heterocycles. The molecule has 0 saturated heterocycles. The minimum atomic E-state index is -1.33. The van der Waals surface area contributed by atoms with E-state index in [2.05, 4.69) is 16.1 Å². The fourth-order valence-electron chi connectivity index (χ4n) is 3.88. The number of hydrogen-bond donors (Lipinski definition) is 6. The average molecular weight is 495 g/mol. The predicted octanol–water partition coefficient (Wildman–Crippen LogP) is 2.82. The molecule has 0 aromatic carbocycles. The van der Waals surface area contributed by atoms with E-state index in [0.29, 0.717) is 11.8 Å². The number of hydroxylamine groups is 1. The van der Waals surface area contributed by atoms with Gasteiger partial charge in [-0.3, -0.25) is 20.5 Å². The summed E-state index contributed by atoms with van der Waals surface area (Å²) in [7, 11) is 2.78. The molecule has 0 aromatic rings. The minimum absolute atomic E-state index is 0.0263. The Morgan fingerprint density at radius 1 is 1.14 bits per heavy atom.